The molecule has 28 heavy (non-hydrogen) atoms. The van der Waals surface area contributed by atoms with Gasteiger partial charge >= 0.3 is 0 Å². The quantitative estimate of drug-likeness (QED) is 0.170. The second-order valence-electron chi connectivity index (χ2n) is 9.03. The van der Waals surface area contributed by atoms with Crippen LogP contribution in [0.3, 0.4) is 0 Å². The SMILES string of the molecule is CCCCCCCCCCC[C@H](CCCCCCCCCC)c1[nH]cc[n+]1C. The Morgan fingerprint density at radius 1 is 0.643 bits per heavy atom. The van der Waals surface area contributed by atoms with Gasteiger partial charge < -0.3 is 0 Å². The van der Waals surface area contributed by atoms with Crippen molar-refractivity contribution in [2.24, 2.45) is 7.05 Å². The maximum Gasteiger partial charge on any atom is 0.257 e. The van der Waals surface area contributed by atoms with E-state index in [-0.39, 0.29) is 0 Å². The van der Waals surface area contributed by atoms with E-state index >= 15 is 0 Å². The van der Waals surface area contributed by atoms with Gasteiger partial charge in [0.15, 0.2) is 0 Å². The van der Waals surface area contributed by atoms with Crippen LogP contribution in [0.4, 0.5) is 0 Å². The van der Waals surface area contributed by atoms with Crippen molar-refractivity contribution in [1.82, 2.24) is 4.98 Å². The first kappa shape index (κ1) is 25.2. The number of H-pyrrole nitrogens is 1. The van der Waals surface area contributed by atoms with E-state index in [1.54, 1.807) is 0 Å². The maximum atomic E-state index is 3.52. The first-order valence-electron chi connectivity index (χ1n) is 12.8. The van der Waals surface area contributed by atoms with Crippen molar-refractivity contribution in [3.8, 4) is 0 Å². The number of imidazole rings is 1. The Bertz CT molecular complexity index is 437. The van der Waals surface area contributed by atoms with Crippen LogP contribution in [0.15, 0.2) is 12.4 Å². The van der Waals surface area contributed by atoms with Gasteiger partial charge in [-0.2, -0.15) is 0 Å². The van der Waals surface area contributed by atoms with Gasteiger partial charge in [-0.25, -0.2) is 9.55 Å². The largest absolute Gasteiger partial charge is 0.257 e. The Balaban J connectivity index is 2.16. The minimum atomic E-state index is 0.727. The molecule has 1 rings (SSSR count). The average Bonchev–Trinajstić information content (AvgIpc) is 3.13. The number of hydrogen-bond acceptors (Lipinski definition) is 0. The minimum Gasteiger partial charge on any atom is -0.247 e. The van der Waals surface area contributed by atoms with Crippen molar-refractivity contribution in [2.45, 2.75) is 142 Å². The molecule has 0 amide bonds. The lowest BCUT2D eigenvalue weighted by molar-refractivity contribution is -0.679. The lowest BCUT2D eigenvalue weighted by Crippen LogP contribution is -2.32. The molecule has 0 saturated carbocycles. The molecule has 0 fully saturated rings. The number of aryl methyl sites for hydroxylation is 1. The maximum absolute atomic E-state index is 3.52. The summed E-state index contributed by atoms with van der Waals surface area (Å²) < 4.78 is 2.31. The monoisotopic (exact) mass is 391 g/mol. The molecule has 0 aliphatic rings. The number of nitrogens with one attached hydrogen (secondary N) is 1. The highest BCUT2D eigenvalue weighted by Crippen LogP contribution is 2.26. The van der Waals surface area contributed by atoms with Crippen LogP contribution in [0, 0.1) is 0 Å². The first-order chi connectivity index (χ1) is 13.8. The molecule has 1 aromatic heterocycles. The Labute approximate surface area is 176 Å². The highest BCUT2D eigenvalue weighted by atomic mass is 15.0. The molecule has 0 aliphatic heterocycles. The number of nitrogens with zero attached hydrogens (tertiary/aromatic N) is 1. The number of aromatic nitrogens is 2. The molecule has 0 radical (unpaired) electrons. The van der Waals surface area contributed by atoms with Gasteiger partial charge in [-0.1, -0.05) is 123 Å². The van der Waals surface area contributed by atoms with E-state index in [0.29, 0.717) is 0 Å². The highest BCUT2D eigenvalue weighted by Gasteiger charge is 2.20. The van der Waals surface area contributed by atoms with Crippen LogP contribution in [-0.4, -0.2) is 4.98 Å². The third-order valence-corrected chi connectivity index (χ3v) is 6.36. The number of hydrogen-bond donors (Lipinski definition) is 1. The molecule has 0 aromatic carbocycles. The van der Waals surface area contributed by atoms with Crippen molar-refractivity contribution in [3.05, 3.63) is 18.2 Å². The van der Waals surface area contributed by atoms with E-state index in [4.69, 9.17) is 0 Å². The summed E-state index contributed by atoms with van der Waals surface area (Å²) in [5.74, 6) is 2.17. The van der Waals surface area contributed by atoms with Gasteiger partial charge in [0.25, 0.3) is 5.82 Å². The molecule has 1 N–H and O–H groups in total. The molecule has 0 unspecified atom stereocenters. The molecule has 2 heteroatoms. The predicted molar refractivity (Wildman–Crippen MR) is 124 cm³/mol. The second-order valence-corrected chi connectivity index (χ2v) is 9.03. The first-order valence-corrected chi connectivity index (χ1v) is 12.8. The van der Waals surface area contributed by atoms with Crippen molar-refractivity contribution in [3.63, 3.8) is 0 Å². The van der Waals surface area contributed by atoms with Gasteiger partial charge in [-0.05, 0) is 12.8 Å². The van der Waals surface area contributed by atoms with E-state index < -0.39 is 0 Å². The molecule has 1 heterocycles. The minimum absolute atomic E-state index is 0.727. The fraction of sp³-hybridized carbons (Fsp3) is 0.885. The fourth-order valence-corrected chi connectivity index (χ4v) is 4.47. The average molecular weight is 392 g/mol. The molecule has 0 spiro atoms. The van der Waals surface area contributed by atoms with E-state index in [0.717, 1.165) is 5.92 Å². The van der Waals surface area contributed by atoms with E-state index in [1.165, 1.54) is 128 Å². The van der Waals surface area contributed by atoms with Gasteiger partial charge in [-0.15, -0.1) is 0 Å². The van der Waals surface area contributed by atoms with Crippen LogP contribution in [0.25, 0.3) is 0 Å². The van der Waals surface area contributed by atoms with E-state index in [1.807, 2.05) is 0 Å². The summed E-state index contributed by atoms with van der Waals surface area (Å²) in [6.07, 6.45) is 31.2. The Morgan fingerprint density at radius 3 is 1.39 bits per heavy atom. The van der Waals surface area contributed by atoms with Crippen molar-refractivity contribution >= 4 is 0 Å². The van der Waals surface area contributed by atoms with Crippen LogP contribution in [-0.2, 0) is 7.05 Å². The third kappa shape index (κ3) is 12.6. The Morgan fingerprint density at radius 2 is 1.04 bits per heavy atom. The summed E-state index contributed by atoms with van der Waals surface area (Å²) in [4.78, 5) is 3.52. The standard InChI is InChI=1S/C26H50N2/c1-4-6-8-10-12-14-16-18-20-22-25(26-27-23-24-28(26)3)21-19-17-15-13-11-9-7-5-2/h23-25H,4-22H2,1-3H3/p+1/t25-/m0/s1. The van der Waals surface area contributed by atoms with Crippen LogP contribution < -0.4 is 4.57 Å². The highest BCUT2D eigenvalue weighted by molar-refractivity contribution is 4.89. The number of rotatable bonds is 20. The summed E-state index contributed by atoms with van der Waals surface area (Å²) in [6, 6.07) is 0. The van der Waals surface area contributed by atoms with Gasteiger partial charge in [0.05, 0.1) is 13.0 Å². The van der Waals surface area contributed by atoms with Gasteiger partial charge in [0.2, 0.25) is 0 Å². The van der Waals surface area contributed by atoms with Crippen LogP contribution in [0.1, 0.15) is 148 Å². The number of unbranched alkanes of at least 4 members (excludes halogenated alkanes) is 15. The topological polar surface area (TPSA) is 19.7 Å². The summed E-state index contributed by atoms with van der Waals surface area (Å²) >= 11 is 0. The molecule has 0 bridgehead atoms. The van der Waals surface area contributed by atoms with E-state index in [9.17, 15) is 0 Å². The number of aromatic amines is 1. The summed E-state index contributed by atoms with van der Waals surface area (Å²) in [7, 11) is 2.20. The predicted octanol–water partition coefficient (Wildman–Crippen LogP) is 8.37. The molecule has 164 valence electrons. The molecule has 1 atom stereocenters. The molecule has 1 aromatic rings. The Hall–Kier alpha value is -0.790. The smallest absolute Gasteiger partial charge is 0.247 e. The van der Waals surface area contributed by atoms with Crippen LogP contribution in [0.2, 0.25) is 0 Å². The molecule has 0 aliphatic carbocycles. The van der Waals surface area contributed by atoms with Crippen LogP contribution in [0.5, 0.6) is 0 Å². The molecule has 2 nitrogen and oxygen atoms in total. The zero-order valence-corrected chi connectivity index (χ0v) is 19.6. The second kappa shape index (κ2) is 18.3. The summed E-state index contributed by atoms with van der Waals surface area (Å²) in [5, 5.41) is 0. The zero-order valence-electron chi connectivity index (χ0n) is 19.6. The van der Waals surface area contributed by atoms with Crippen molar-refractivity contribution in [2.75, 3.05) is 0 Å². The zero-order chi connectivity index (χ0) is 20.3. The molecular weight excluding hydrogens is 340 g/mol. The Kier molecular flexibility index (Phi) is 16.5. The van der Waals surface area contributed by atoms with Crippen molar-refractivity contribution in [1.29, 1.82) is 0 Å². The van der Waals surface area contributed by atoms with Gasteiger partial charge in [0, 0.05) is 0 Å². The normalized spacial score (nSPS) is 12.5. The van der Waals surface area contributed by atoms with Gasteiger partial charge in [-0.3, -0.25) is 0 Å². The van der Waals surface area contributed by atoms with Crippen molar-refractivity contribution < 1.29 is 4.57 Å². The third-order valence-electron chi connectivity index (χ3n) is 6.36. The van der Waals surface area contributed by atoms with E-state index in [2.05, 4.69) is 42.8 Å². The molecular formula is C26H51N2+. The summed E-state index contributed by atoms with van der Waals surface area (Å²) in [6.45, 7) is 4.60. The van der Waals surface area contributed by atoms with Gasteiger partial charge in [0.1, 0.15) is 12.4 Å². The summed E-state index contributed by atoms with van der Waals surface area (Å²) in [5.41, 5.74) is 0. The van der Waals surface area contributed by atoms with Crippen LogP contribution >= 0.6 is 0 Å². The lowest BCUT2D eigenvalue weighted by Gasteiger charge is -2.13. The fourth-order valence-electron chi connectivity index (χ4n) is 4.47. The molecule has 0 saturated heterocycles. The lowest BCUT2D eigenvalue weighted by atomic mass is 9.93.